The summed E-state index contributed by atoms with van der Waals surface area (Å²) in [5.74, 6) is -0.183. The molecule has 0 atom stereocenters. The molecule has 9 nitrogen and oxygen atoms in total. The van der Waals surface area contributed by atoms with Crippen molar-refractivity contribution in [2.24, 2.45) is 0 Å². The van der Waals surface area contributed by atoms with E-state index in [0.717, 1.165) is 6.42 Å². The molecule has 0 aliphatic carbocycles. The number of rotatable bonds is 25. The fourth-order valence-electron chi connectivity index (χ4n) is 1.98. The van der Waals surface area contributed by atoms with Crippen molar-refractivity contribution in [3.8, 4) is 0 Å². The van der Waals surface area contributed by atoms with Gasteiger partial charge in [-0.25, -0.2) is 0 Å². The summed E-state index contributed by atoms with van der Waals surface area (Å²) in [4.78, 5) is 11.1. The van der Waals surface area contributed by atoms with Gasteiger partial charge in [-0.15, -0.1) is 6.58 Å². The van der Waals surface area contributed by atoms with Gasteiger partial charge in [-0.05, 0) is 6.42 Å². The maximum atomic E-state index is 11.1. The minimum atomic E-state index is -0.183. The predicted molar refractivity (Wildman–Crippen MR) is 112 cm³/mol. The summed E-state index contributed by atoms with van der Waals surface area (Å²) < 4.78 is 42.4. The van der Waals surface area contributed by atoms with Gasteiger partial charge in [0.25, 0.3) is 0 Å². The molecular weight excluding hydrogens is 396 g/mol. The first-order chi connectivity index (χ1) is 14.8. The Morgan fingerprint density at radius 3 is 1.27 bits per heavy atom. The SMILES string of the molecule is C=CCOCCOCCOCCOCCOCCOCCOCCOC(=O)CCC. The third kappa shape index (κ3) is 25.0. The molecule has 0 bridgehead atoms. The molecular formula is C21H40O9. The number of hydrogen-bond acceptors (Lipinski definition) is 9. The van der Waals surface area contributed by atoms with Crippen LogP contribution in [-0.4, -0.2) is 105 Å². The highest BCUT2D eigenvalue weighted by atomic mass is 16.6. The van der Waals surface area contributed by atoms with E-state index in [9.17, 15) is 4.79 Å². The molecule has 0 aromatic heterocycles. The smallest absolute Gasteiger partial charge is 0.305 e. The maximum absolute atomic E-state index is 11.1. The standard InChI is InChI=1S/C21H40O9/c1-3-5-21(22)30-20-19-29-18-17-28-16-15-27-14-13-26-12-11-25-10-9-24-8-7-23-6-4-2/h4H,2-3,5-20H2,1H3. The molecule has 0 rings (SSSR count). The van der Waals surface area contributed by atoms with Gasteiger partial charge in [-0.3, -0.25) is 4.79 Å². The minimum absolute atomic E-state index is 0.183. The van der Waals surface area contributed by atoms with Crippen molar-refractivity contribution in [1.29, 1.82) is 0 Å². The van der Waals surface area contributed by atoms with Crippen LogP contribution in [0.2, 0.25) is 0 Å². The highest BCUT2D eigenvalue weighted by Gasteiger charge is 1.99. The van der Waals surface area contributed by atoms with E-state index >= 15 is 0 Å². The van der Waals surface area contributed by atoms with E-state index in [-0.39, 0.29) is 12.6 Å². The van der Waals surface area contributed by atoms with Crippen LogP contribution in [0.1, 0.15) is 19.8 Å². The molecule has 0 aliphatic heterocycles. The molecule has 9 heteroatoms. The average Bonchev–Trinajstić information content (AvgIpc) is 2.74. The van der Waals surface area contributed by atoms with Gasteiger partial charge >= 0.3 is 5.97 Å². The van der Waals surface area contributed by atoms with Gasteiger partial charge in [0, 0.05) is 6.42 Å². The number of esters is 1. The summed E-state index contributed by atoms with van der Waals surface area (Å²) in [6.07, 6.45) is 2.95. The molecule has 0 heterocycles. The zero-order valence-corrected chi connectivity index (χ0v) is 18.5. The Balaban J connectivity index is 3.03. The lowest BCUT2D eigenvalue weighted by Crippen LogP contribution is -2.15. The van der Waals surface area contributed by atoms with Crippen LogP contribution in [0.15, 0.2) is 12.7 Å². The van der Waals surface area contributed by atoms with Crippen molar-refractivity contribution in [3.05, 3.63) is 12.7 Å². The number of hydrogen-bond donors (Lipinski definition) is 0. The Morgan fingerprint density at radius 2 is 0.933 bits per heavy atom. The van der Waals surface area contributed by atoms with Crippen LogP contribution in [0.25, 0.3) is 0 Å². The Bertz CT molecular complexity index is 366. The summed E-state index contributed by atoms with van der Waals surface area (Å²) in [5.41, 5.74) is 0. The lowest BCUT2D eigenvalue weighted by atomic mass is 10.3. The fourth-order valence-corrected chi connectivity index (χ4v) is 1.98. The maximum Gasteiger partial charge on any atom is 0.305 e. The topological polar surface area (TPSA) is 90.9 Å². The van der Waals surface area contributed by atoms with Crippen LogP contribution in [0, 0.1) is 0 Å². The molecule has 0 fully saturated rings. The van der Waals surface area contributed by atoms with Gasteiger partial charge in [0.1, 0.15) is 6.61 Å². The van der Waals surface area contributed by atoms with Crippen molar-refractivity contribution in [1.82, 2.24) is 0 Å². The van der Waals surface area contributed by atoms with Crippen molar-refractivity contribution >= 4 is 5.97 Å². The molecule has 0 N–H and O–H groups in total. The lowest BCUT2D eigenvalue weighted by molar-refractivity contribution is -0.145. The summed E-state index contributed by atoms with van der Waals surface area (Å²) in [7, 11) is 0. The first-order valence-corrected chi connectivity index (χ1v) is 10.6. The number of carbonyl (C=O) groups excluding carboxylic acids is 1. The first kappa shape index (κ1) is 28.9. The summed E-state index contributed by atoms with van der Waals surface area (Å²) >= 11 is 0. The van der Waals surface area contributed by atoms with E-state index in [1.807, 2.05) is 6.92 Å². The molecule has 0 aromatic rings. The van der Waals surface area contributed by atoms with Crippen LogP contribution in [0.3, 0.4) is 0 Å². The minimum Gasteiger partial charge on any atom is -0.463 e. The van der Waals surface area contributed by atoms with Crippen LogP contribution in [0.5, 0.6) is 0 Å². The predicted octanol–water partition coefficient (Wildman–Crippen LogP) is 1.63. The molecule has 0 aromatic carbocycles. The highest BCUT2D eigenvalue weighted by molar-refractivity contribution is 5.69. The fraction of sp³-hybridized carbons (Fsp3) is 0.857. The Morgan fingerprint density at radius 1 is 0.600 bits per heavy atom. The Hall–Kier alpha value is -1.07. The van der Waals surface area contributed by atoms with Crippen molar-refractivity contribution in [3.63, 3.8) is 0 Å². The third-order valence-corrected chi connectivity index (χ3v) is 3.41. The molecule has 0 aliphatic rings. The van der Waals surface area contributed by atoms with E-state index in [1.165, 1.54) is 0 Å². The molecule has 178 valence electrons. The van der Waals surface area contributed by atoms with Crippen molar-refractivity contribution in [2.45, 2.75) is 19.8 Å². The summed E-state index contributed by atoms with van der Waals surface area (Å²) in [5, 5.41) is 0. The van der Waals surface area contributed by atoms with Crippen molar-refractivity contribution in [2.75, 3.05) is 99.1 Å². The van der Waals surface area contributed by atoms with Gasteiger partial charge in [0.05, 0.1) is 92.5 Å². The molecule has 0 radical (unpaired) electrons. The van der Waals surface area contributed by atoms with Gasteiger partial charge in [-0.2, -0.15) is 0 Å². The van der Waals surface area contributed by atoms with Gasteiger partial charge in [0.15, 0.2) is 0 Å². The zero-order chi connectivity index (χ0) is 22.0. The largest absolute Gasteiger partial charge is 0.463 e. The van der Waals surface area contributed by atoms with E-state index in [0.29, 0.717) is 98.9 Å². The second-order valence-electron chi connectivity index (χ2n) is 6.01. The van der Waals surface area contributed by atoms with Crippen LogP contribution in [0.4, 0.5) is 0 Å². The number of ether oxygens (including phenoxy) is 8. The van der Waals surface area contributed by atoms with Crippen LogP contribution >= 0.6 is 0 Å². The normalized spacial score (nSPS) is 11.0. The average molecular weight is 437 g/mol. The molecule has 30 heavy (non-hydrogen) atoms. The molecule has 0 saturated carbocycles. The molecule has 0 saturated heterocycles. The molecule has 0 spiro atoms. The second-order valence-corrected chi connectivity index (χ2v) is 6.01. The molecule has 0 amide bonds. The first-order valence-electron chi connectivity index (χ1n) is 10.6. The third-order valence-electron chi connectivity index (χ3n) is 3.41. The van der Waals surface area contributed by atoms with Gasteiger partial charge < -0.3 is 37.9 Å². The van der Waals surface area contributed by atoms with E-state index in [1.54, 1.807) is 6.08 Å². The highest BCUT2D eigenvalue weighted by Crippen LogP contribution is 1.91. The van der Waals surface area contributed by atoms with E-state index < -0.39 is 0 Å². The monoisotopic (exact) mass is 436 g/mol. The summed E-state index contributed by atoms with van der Waals surface area (Å²) in [6.45, 7) is 12.9. The van der Waals surface area contributed by atoms with E-state index in [2.05, 4.69) is 6.58 Å². The summed E-state index contributed by atoms with van der Waals surface area (Å²) in [6, 6.07) is 0. The second kappa shape index (κ2) is 26.0. The van der Waals surface area contributed by atoms with E-state index in [4.69, 9.17) is 37.9 Å². The van der Waals surface area contributed by atoms with Crippen LogP contribution < -0.4 is 0 Å². The quantitative estimate of drug-likeness (QED) is 0.120. The van der Waals surface area contributed by atoms with Crippen LogP contribution in [-0.2, 0) is 42.7 Å². The zero-order valence-electron chi connectivity index (χ0n) is 18.5. The van der Waals surface area contributed by atoms with Gasteiger partial charge in [0.2, 0.25) is 0 Å². The van der Waals surface area contributed by atoms with Crippen molar-refractivity contribution < 1.29 is 42.7 Å². The molecule has 0 unspecified atom stereocenters. The van der Waals surface area contributed by atoms with Gasteiger partial charge in [-0.1, -0.05) is 13.0 Å². The number of carbonyl (C=O) groups is 1. The lowest BCUT2D eigenvalue weighted by Gasteiger charge is -2.08. The Kier molecular flexibility index (Phi) is 25.0. The Labute approximate surface area is 180 Å².